The van der Waals surface area contributed by atoms with E-state index in [1.54, 1.807) is 37.3 Å². The molecule has 6 nitrogen and oxygen atoms in total. The number of phenolic OH excluding ortho intramolecular Hbond substituents is 1. The zero-order valence-corrected chi connectivity index (χ0v) is 17.3. The molecule has 2 aromatic carbocycles. The number of nitrogens with zero attached hydrogens (tertiary/aromatic N) is 2. The zero-order chi connectivity index (χ0) is 20.7. The highest BCUT2D eigenvalue weighted by atomic mass is 35.5. The Bertz CT molecular complexity index is 851. The number of carbonyl (C=O) groups is 1. The van der Waals surface area contributed by atoms with Crippen LogP contribution in [0, 0.1) is 6.92 Å². The number of amides is 1. The first kappa shape index (κ1) is 21.6. The van der Waals surface area contributed by atoms with E-state index in [2.05, 4.69) is 29.3 Å². The molecule has 7 heteroatoms. The molecule has 0 fully saturated rings. The Kier molecular flexibility index (Phi) is 7.70. The molecule has 0 spiro atoms. The van der Waals surface area contributed by atoms with Crippen LogP contribution in [0.5, 0.6) is 11.5 Å². The van der Waals surface area contributed by atoms with Crippen molar-refractivity contribution in [2.45, 2.75) is 33.8 Å². The van der Waals surface area contributed by atoms with Gasteiger partial charge in [-0.2, -0.15) is 5.10 Å². The summed E-state index contributed by atoms with van der Waals surface area (Å²) in [6.45, 7) is 9.31. The van der Waals surface area contributed by atoms with Crippen LogP contribution in [-0.4, -0.2) is 36.4 Å². The van der Waals surface area contributed by atoms with Crippen LogP contribution in [0.25, 0.3) is 0 Å². The van der Waals surface area contributed by atoms with Crippen molar-refractivity contribution in [2.75, 3.05) is 18.0 Å². The Morgan fingerprint density at radius 2 is 2.00 bits per heavy atom. The number of ether oxygens (including phenoxy) is 1. The van der Waals surface area contributed by atoms with Crippen molar-refractivity contribution < 1.29 is 14.6 Å². The van der Waals surface area contributed by atoms with Crippen LogP contribution in [-0.2, 0) is 4.79 Å². The van der Waals surface area contributed by atoms with Crippen LogP contribution < -0.4 is 15.1 Å². The summed E-state index contributed by atoms with van der Waals surface area (Å²) in [5, 5.41) is 14.7. The first-order valence-electron chi connectivity index (χ1n) is 9.19. The summed E-state index contributed by atoms with van der Waals surface area (Å²) >= 11 is 5.99. The van der Waals surface area contributed by atoms with E-state index in [9.17, 15) is 9.90 Å². The Morgan fingerprint density at radius 3 is 2.61 bits per heavy atom. The number of carbonyl (C=O) groups excluding carboxylic acids is 1. The first-order valence-corrected chi connectivity index (χ1v) is 9.57. The summed E-state index contributed by atoms with van der Waals surface area (Å²) < 4.78 is 5.61. The lowest BCUT2D eigenvalue weighted by Crippen LogP contribution is -2.33. The fourth-order valence-electron chi connectivity index (χ4n) is 2.63. The smallest absolute Gasteiger partial charge is 0.280 e. The van der Waals surface area contributed by atoms with E-state index in [1.807, 2.05) is 13.0 Å². The molecule has 28 heavy (non-hydrogen) atoms. The SMILES string of the molecule is CCN(CC)c1ccc(/C=N\NC(=O)[C@@H](C)Oc2ccc(Cl)c(C)c2)c(O)c1. The molecule has 1 amide bonds. The average Bonchev–Trinajstić information content (AvgIpc) is 2.67. The standard InChI is InChI=1S/C21H26ClN3O3/c1-5-25(6-2)17-8-7-16(20(26)12-17)13-23-24-21(27)15(4)28-18-9-10-19(22)14(3)11-18/h7-13,15,26H,5-6H2,1-4H3,(H,24,27)/b23-13-/t15-/m1/s1. The van der Waals surface area contributed by atoms with Crippen molar-refractivity contribution in [1.82, 2.24) is 5.43 Å². The van der Waals surface area contributed by atoms with Gasteiger partial charge in [0.15, 0.2) is 6.10 Å². The fourth-order valence-corrected chi connectivity index (χ4v) is 2.75. The van der Waals surface area contributed by atoms with Gasteiger partial charge < -0.3 is 14.7 Å². The molecule has 0 aliphatic heterocycles. The maximum Gasteiger partial charge on any atom is 0.280 e. The summed E-state index contributed by atoms with van der Waals surface area (Å²) in [6, 6.07) is 10.5. The minimum absolute atomic E-state index is 0.100. The van der Waals surface area contributed by atoms with Gasteiger partial charge in [-0.1, -0.05) is 11.6 Å². The van der Waals surface area contributed by atoms with Crippen LogP contribution in [0.1, 0.15) is 31.9 Å². The first-order chi connectivity index (χ1) is 13.3. The summed E-state index contributed by atoms with van der Waals surface area (Å²) in [7, 11) is 0. The lowest BCUT2D eigenvalue weighted by molar-refractivity contribution is -0.127. The molecule has 0 saturated heterocycles. The van der Waals surface area contributed by atoms with Gasteiger partial charge in [-0.15, -0.1) is 0 Å². The van der Waals surface area contributed by atoms with Gasteiger partial charge in [0.1, 0.15) is 11.5 Å². The highest BCUT2D eigenvalue weighted by molar-refractivity contribution is 6.31. The minimum atomic E-state index is -0.739. The Labute approximate surface area is 170 Å². The molecular formula is C21H26ClN3O3. The number of aromatic hydroxyl groups is 1. The largest absolute Gasteiger partial charge is 0.507 e. The molecule has 0 aliphatic rings. The number of halogens is 1. The molecule has 0 aromatic heterocycles. The third-order valence-electron chi connectivity index (χ3n) is 4.33. The lowest BCUT2D eigenvalue weighted by atomic mass is 10.2. The van der Waals surface area contributed by atoms with Crippen LogP contribution in [0.3, 0.4) is 0 Å². The van der Waals surface area contributed by atoms with Gasteiger partial charge in [-0.3, -0.25) is 4.79 Å². The van der Waals surface area contributed by atoms with Gasteiger partial charge >= 0.3 is 0 Å². The van der Waals surface area contributed by atoms with E-state index < -0.39 is 12.0 Å². The maximum atomic E-state index is 12.2. The van der Waals surface area contributed by atoms with Gasteiger partial charge in [0.05, 0.1) is 6.21 Å². The second-order valence-corrected chi connectivity index (χ2v) is 6.73. The van der Waals surface area contributed by atoms with Gasteiger partial charge in [0.25, 0.3) is 5.91 Å². The molecular weight excluding hydrogens is 378 g/mol. The van der Waals surface area contributed by atoms with Gasteiger partial charge in [-0.05, 0) is 63.6 Å². The Hall–Kier alpha value is -2.73. The van der Waals surface area contributed by atoms with Crippen molar-refractivity contribution in [2.24, 2.45) is 5.10 Å². The highest BCUT2D eigenvalue weighted by Gasteiger charge is 2.14. The summed E-state index contributed by atoms with van der Waals surface area (Å²) in [4.78, 5) is 14.3. The molecule has 150 valence electrons. The normalized spacial score (nSPS) is 12.0. The zero-order valence-electron chi connectivity index (χ0n) is 16.6. The van der Waals surface area contributed by atoms with Gasteiger partial charge in [0, 0.05) is 35.4 Å². The van der Waals surface area contributed by atoms with E-state index >= 15 is 0 Å². The highest BCUT2D eigenvalue weighted by Crippen LogP contribution is 2.24. The number of hydrogen-bond acceptors (Lipinski definition) is 5. The topological polar surface area (TPSA) is 74.2 Å². The van der Waals surface area contributed by atoms with E-state index in [1.165, 1.54) is 6.21 Å². The molecule has 0 radical (unpaired) electrons. The monoisotopic (exact) mass is 403 g/mol. The van der Waals surface area contributed by atoms with E-state index in [4.69, 9.17) is 16.3 Å². The van der Waals surface area contributed by atoms with Crippen LogP contribution in [0.4, 0.5) is 5.69 Å². The number of aryl methyl sites for hydroxylation is 1. The Balaban J connectivity index is 1.95. The molecule has 2 aromatic rings. The van der Waals surface area contributed by atoms with Crippen LogP contribution in [0.2, 0.25) is 5.02 Å². The molecule has 0 saturated carbocycles. The van der Waals surface area contributed by atoms with Crippen molar-refractivity contribution >= 4 is 29.4 Å². The fraction of sp³-hybridized carbons (Fsp3) is 0.333. The van der Waals surface area contributed by atoms with Crippen LogP contribution >= 0.6 is 11.6 Å². The second-order valence-electron chi connectivity index (χ2n) is 6.32. The number of hydrazone groups is 1. The quantitative estimate of drug-likeness (QED) is 0.513. The molecule has 2 rings (SSSR count). The third-order valence-corrected chi connectivity index (χ3v) is 4.76. The number of benzene rings is 2. The van der Waals surface area contributed by atoms with Gasteiger partial charge in [0.2, 0.25) is 0 Å². The predicted octanol–water partition coefficient (Wildman–Crippen LogP) is 4.12. The number of nitrogens with one attached hydrogen (secondary N) is 1. The minimum Gasteiger partial charge on any atom is -0.507 e. The van der Waals surface area contributed by atoms with Crippen molar-refractivity contribution in [1.29, 1.82) is 0 Å². The van der Waals surface area contributed by atoms with Crippen molar-refractivity contribution in [3.63, 3.8) is 0 Å². The molecule has 1 atom stereocenters. The molecule has 0 aliphatic carbocycles. The summed E-state index contributed by atoms with van der Waals surface area (Å²) in [6.07, 6.45) is 0.662. The Morgan fingerprint density at radius 1 is 1.29 bits per heavy atom. The predicted molar refractivity (Wildman–Crippen MR) is 114 cm³/mol. The average molecular weight is 404 g/mol. The number of hydrogen-bond donors (Lipinski definition) is 2. The maximum absolute atomic E-state index is 12.2. The van der Waals surface area contributed by atoms with Gasteiger partial charge in [-0.25, -0.2) is 5.43 Å². The van der Waals surface area contributed by atoms with E-state index in [0.29, 0.717) is 16.3 Å². The van der Waals surface area contributed by atoms with E-state index in [0.717, 1.165) is 24.3 Å². The molecule has 2 N–H and O–H groups in total. The van der Waals surface area contributed by atoms with Crippen molar-refractivity contribution in [3.8, 4) is 11.5 Å². The summed E-state index contributed by atoms with van der Waals surface area (Å²) in [5.41, 5.74) is 4.74. The lowest BCUT2D eigenvalue weighted by Gasteiger charge is -2.21. The van der Waals surface area contributed by atoms with Crippen molar-refractivity contribution in [3.05, 3.63) is 52.5 Å². The second kappa shape index (κ2) is 9.99. The van der Waals surface area contributed by atoms with E-state index in [-0.39, 0.29) is 5.75 Å². The van der Waals surface area contributed by atoms with Crippen LogP contribution in [0.15, 0.2) is 41.5 Å². The molecule has 0 unspecified atom stereocenters. The number of anilines is 1. The molecule has 0 heterocycles. The molecule has 0 bridgehead atoms. The number of phenols is 1. The number of rotatable bonds is 8. The summed E-state index contributed by atoms with van der Waals surface area (Å²) in [5.74, 6) is 0.254. The third kappa shape index (κ3) is 5.63.